The number of fused-ring (bicyclic) bond motifs is 1. The number of aromatic nitrogens is 2. The molecule has 3 rings (SSSR count). The zero-order valence-electron chi connectivity index (χ0n) is 9.57. The molecule has 1 aliphatic carbocycles. The third-order valence-electron chi connectivity index (χ3n) is 3.69. The van der Waals surface area contributed by atoms with Crippen LogP contribution in [0.15, 0.2) is 6.20 Å². The van der Waals surface area contributed by atoms with Gasteiger partial charge in [-0.1, -0.05) is 0 Å². The van der Waals surface area contributed by atoms with E-state index in [0.29, 0.717) is 19.6 Å². The van der Waals surface area contributed by atoms with Gasteiger partial charge >= 0.3 is 0 Å². The fraction of sp³-hybridized carbons (Fsp3) is 0.727. The molecule has 0 amide bonds. The van der Waals surface area contributed by atoms with Gasteiger partial charge in [0.15, 0.2) is 0 Å². The predicted octanol–water partition coefficient (Wildman–Crippen LogP) is 0.813. The number of halogens is 2. The molecule has 17 heavy (non-hydrogen) atoms. The molecule has 2 N–H and O–H groups in total. The second-order valence-electron chi connectivity index (χ2n) is 4.94. The molecule has 1 aromatic rings. The highest BCUT2D eigenvalue weighted by Crippen LogP contribution is 2.49. The summed E-state index contributed by atoms with van der Waals surface area (Å²) in [6, 6.07) is 0. The molecule has 0 saturated heterocycles. The van der Waals surface area contributed by atoms with Crippen LogP contribution in [-0.2, 0) is 19.6 Å². The molecule has 0 bridgehead atoms. The molecule has 2 aliphatic rings. The molecule has 0 spiro atoms. The van der Waals surface area contributed by atoms with Gasteiger partial charge in [0.2, 0.25) is 0 Å². The van der Waals surface area contributed by atoms with Gasteiger partial charge in [-0.05, 0) is 0 Å². The Hall–Kier alpha value is -1.01. The van der Waals surface area contributed by atoms with Gasteiger partial charge < -0.3 is 5.73 Å². The maximum Gasteiger partial charge on any atom is 0.252 e. The zero-order chi connectivity index (χ0) is 12.0. The predicted molar refractivity (Wildman–Crippen MR) is 58.4 cm³/mol. The molecule has 0 radical (unpaired) electrons. The second kappa shape index (κ2) is 3.74. The third kappa shape index (κ3) is 1.95. The van der Waals surface area contributed by atoms with Crippen molar-refractivity contribution in [2.24, 2.45) is 11.7 Å². The van der Waals surface area contributed by atoms with Crippen LogP contribution in [0.1, 0.15) is 17.7 Å². The lowest BCUT2D eigenvalue weighted by Gasteiger charge is -2.28. The van der Waals surface area contributed by atoms with Gasteiger partial charge in [-0.3, -0.25) is 9.58 Å². The van der Waals surface area contributed by atoms with Crippen LogP contribution in [0.4, 0.5) is 8.78 Å². The summed E-state index contributed by atoms with van der Waals surface area (Å²) in [5, 5.41) is 4.25. The highest BCUT2D eigenvalue weighted by atomic mass is 19.3. The molecule has 6 heteroatoms. The van der Waals surface area contributed by atoms with Crippen LogP contribution in [-0.4, -0.2) is 33.7 Å². The van der Waals surface area contributed by atoms with Crippen molar-refractivity contribution in [3.05, 3.63) is 17.5 Å². The van der Waals surface area contributed by atoms with Crippen molar-refractivity contribution in [3.8, 4) is 0 Å². The Morgan fingerprint density at radius 1 is 1.47 bits per heavy atom. The van der Waals surface area contributed by atoms with E-state index in [2.05, 4.69) is 10.00 Å². The van der Waals surface area contributed by atoms with Crippen LogP contribution in [0, 0.1) is 5.92 Å². The molecule has 1 aliphatic heterocycles. The van der Waals surface area contributed by atoms with Crippen molar-refractivity contribution in [1.29, 1.82) is 0 Å². The molecule has 1 saturated carbocycles. The largest absolute Gasteiger partial charge is 0.326 e. The number of hydrogen-bond donors (Lipinski definition) is 1. The Balaban J connectivity index is 1.68. The van der Waals surface area contributed by atoms with Gasteiger partial charge in [0.05, 0.1) is 18.4 Å². The Bertz CT molecular complexity index is 416. The lowest BCUT2D eigenvalue weighted by molar-refractivity contribution is 0.0824. The summed E-state index contributed by atoms with van der Waals surface area (Å²) in [4.78, 5) is 2.09. The first-order valence-corrected chi connectivity index (χ1v) is 5.94. The normalized spacial score (nSPS) is 26.9. The Labute approximate surface area is 98.4 Å². The van der Waals surface area contributed by atoms with E-state index >= 15 is 0 Å². The van der Waals surface area contributed by atoms with Gasteiger partial charge in [0.1, 0.15) is 0 Å². The van der Waals surface area contributed by atoms with Gasteiger partial charge in [-0.25, -0.2) is 8.78 Å². The first-order valence-electron chi connectivity index (χ1n) is 5.94. The summed E-state index contributed by atoms with van der Waals surface area (Å²) < 4.78 is 27.7. The van der Waals surface area contributed by atoms with Crippen molar-refractivity contribution in [1.82, 2.24) is 14.7 Å². The van der Waals surface area contributed by atoms with E-state index in [1.165, 1.54) is 0 Å². The minimum atomic E-state index is -2.42. The van der Waals surface area contributed by atoms with Crippen LogP contribution in [0.25, 0.3) is 0 Å². The van der Waals surface area contributed by atoms with Crippen LogP contribution < -0.4 is 5.73 Å². The number of nitrogens with zero attached hydrogens (tertiary/aromatic N) is 3. The van der Waals surface area contributed by atoms with Crippen LogP contribution >= 0.6 is 0 Å². The monoisotopic (exact) mass is 242 g/mol. The molecule has 1 aromatic heterocycles. The van der Waals surface area contributed by atoms with Crippen LogP contribution in [0.5, 0.6) is 0 Å². The lowest BCUT2D eigenvalue weighted by Crippen LogP contribution is -2.36. The molecule has 1 atom stereocenters. The molecule has 4 nitrogen and oxygen atoms in total. The van der Waals surface area contributed by atoms with Crippen LogP contribution in [0.2, 0.25) is 0 Å². The average molecular weight is 242 g/mol. The molecule has 1 fully saturated rings. The maximum atomic E-state index is 12.9. The summed E-state index contributed by atoms with van der Waals surface area (Å²) >= 11 is 0. The van der Waals surface area contributed by atoms with Crippen molar-refractivity contribution in [2.45, 2.75) is 32.0 Å². The first-order chi connectivity index (χ1) is 8.10. The molecular formula is C11H16F2N4. The molecule has 0 aromatic carbocycles. The molecule has 94 valence electrons. The van der Waals surface area contributed by atoms with Crippen molar-refractivity contribution in [2.75, 3.05) is 13.1 Å². The van der Waals surface area contributed by atoms with E-state index in [4.69, 9.17) is 5.73 Å². The summed E-state index contributed by atoms with van der Waals surface area (Å²) in [5.74, 6) is -2.87. The lowest BCUT2D eigenvalue weighted by atomic mass is 10.2. The third-order valence-corrected chi connectivity index (χ3v) is 3.69. The smallest absolute Gasteiger partial charge is 0.252 e. The van der Waals surface area contributed by atoms with Crippen molar-refractivity contribution >= 4 is 0 Å². The Morgan fingerprint density at radius 3 is 2.88 bits per heavy atom. The number of hydrogen-bond acceptors (Lipinski definition) is 3. The maximum absolute atomic E-state index is 12.9. The number of rotatable bonds is 3. The summed E-state index contributed by atoms with van der Waals surface area (Å²) in [5.41, 5.74) is 7.74. The van der Waals surface area contributed by atoms with E-state index < -0.39 is 11.8 Å². The van der Waals surface area contributed by atoms with Crippen molar-refractivity contribution in [3.63, 3.8) is 0 Å². The Morgan fingerprint density at radius 2 is 2.24 bits per heavy atom. The van der Waals surface area contributed by atoms with E-state index in [-0.39, 0.29) is 6.42 Å². The van der Waals surface area contributed by atoms with Crippen molar-refractivity contribution < 1.29 is 8.78 Å². The van der Waals surface area contributed by atoms with E-state index in [1.54, 1.807) is 6.20 Å². The van der Waals surface area contributed by atoms with Gasteiger partial charge in [0, 0.05) is 44.1 Å². The molecular weight excluding hydrogens is 226 g/mol. The Kier molecular flexibility index (Phi) is 2.45. The minimum absolute atomic E-state index is 0.0481. The summed E-state index contributed by atoms with van der Waals surface area (Å²) in [7, 11) is 0. The highest BCUT2D eigenvalue weighted by Gasteiger charge is 2.57. The molecule has 2 heterocycles. The van der Waals surface area contributed by atoms with Gasteiger partial charge in [-0.2, -0.15) is 5.10 Å². The average Bonchev–Trinajstić information content (AvgIpc) is 2.75. The summed E-state index contributed by atoms with van der Waals surface area (Å²) in [6.45, 7) is 3.21. The highest BCUT2D eigenvalue weighted by molar-refractivity contribution is 5.18. The quantitative estimate of drug-likeness (QED) is 0.853. The van der Waals surface area contributed by atoms with E-state index in [0.717, 1.165) is 24.3 Å². The fourth-order valence-electron chi connectivity index (χ4n) is 2.46. The molecule has 1 unspecified atom stereocenters. The van der Waals surface area contributed by atoms with Gasteiger partial charge in [0.25, 0.3) is 5.92 Å². The zero-order valence-corrected chi connectivity index (χ0v) is 9.57. The summed E-state index contributed by atoms with van der Waals surface area (Å²) in [6.07, 6.45) is 1.83. The minimum Gasteiger partial charge on any atom is -0.326 e. The number of alkyl halides is 2. The number of nitrogens with two attached hydrogens (primary N) is 1. The first kappa shape index (κ1) is 11.1. The van der Waals surface area contributed by atoms with E-state index in [9.17, 15) is 8.78 Å². The fourth-order valence-corrected chi connectivity index (χ4v) is 2.46. The topological polar surface area (TPSA) is 47.1 Å². The second-order valence-corrected chi connectivity index (χ2v) is 4.94. The van der Waals surface area contributed by atoms with Gasteiger partial charge in [-0.15, -0.1) is 0 Å². The van der Waals surface area contributed by atoms with E-state index in [1.807, 2.05) is 4.68 Å². The SMILES string of the molecule is NCc1cnn2c1CN(CC1CC1(F)F)CC2. The van der Waals surface area contributed by atoms with Crippen LogP contribution in [0.3, 0.4) is 0 Å². The standard InChI is InChI=1S/C11H16F2N4/c12-11(13)3-9(11)6-16-1-2-17-10(7-16)8(4-14)5-15-17/h5,9H,1-4,6-7,14H2.